The Morgan fingerprint density at radius 2 is 1.77 bits per heavy atom. The predicted octanol–water partition coefficient (Wildman–Crippen LogP) is 5.35. The summed E-state index contributed by atoms with van der Waals surface area (Å²) in [6.45, 7) is 7.47. The number of carbonyl (C=O) groups excluding carboxylic acids is 1. The predicted molar refractivity (Wildman–Crippen MR) is 127 cm³/mol. The third-order valence-electron chi connectivity index (χ3n) is 6.92. The smallest absolute Gasteiger partial charge is 0.254 e. The lowest BCUT2D eigenvalue weighted by atomic mass is 9.94. The molecule has 5 heteroatoms. The van der Waals surface area contributed by atoms with Crippen LogP contribution in [0.1, 0.15) is 45.6 Å². The summed E-state index contributed by atoms with van der Waals surface area (Å²) < 4.78 is 0. The molecule has 0 atom stereocenters. The van der Waals surface area contributed by atoms with E-state index in [9.17, 15) is 4.79 Å². The Hall–Kier alpha value is -2.59. The molecular formula is C26H28ClN3O. The number of amides is 1. The fraction of sp³-hybridized carbons (Fsp3) is 0.385. The van der Waals surface area contributed by atoms with Crippen molar-refractivity contribution in [2.24, 2.45) is 0 Å². The van der Waals surface area contributed by atoms with Gasteiger partial charge in [-0.2, -0.15) is 0 Å². The first-order valence-corrected chi connectivity index (χ1v) is 11.6. The minimum atomic E-state index is 0.0816. The van der Waals surface area contributed by atoms with Crippen LogP contribution in [0.2, 0.25) is 5.02 Å². The van der Waals surface area contributed by atoms with Crippen LogP contribution < -0.4 is 4.90 Å². The van der Waals surface area contributed by atoms with Crippen molar-refractivity contribution in [1.82, 2.24) is 9.88 Å². The van der Waals surface area contributed by atoms with Crippen LogP contribution in [0.4, 0.5) is 5.69 Å². The van der Waals surface area contributed by atoms with Crippen LogP contribution in [0, 0.1) is 13.8 Å². The number of piperazine rings is 1. The van der Waals surface area contributed by atoms with Crippen LogP contribution in [0.3, 0.4) is 0 Å². The SMILES string of the molecule is Cc1cccc(N2CCN(C(=O)c3ccc4c(Cl)c5c(nc4c3)CCCC5)CC2)c1C. The number of nitrogens with zero attached hydrogens (tertiary/aromatic N) is 3. The largest absolute Gasteiger partial charge is 0.368 e. The van der Waals surface area contributed by atoms with Crippen LogP contribution in [0.25, 0.3) is 10.9 Å². The number of rotatable bonds is 2. The zero-order valence-electron chi connectivity index (χ0n) is 18.2. The van der Waals surface area contributed by atoms with Gasteiger partial charge in [-0.25, -0.2) is 0 Å². The normalized spacial score (nSPS) is 16.5. The van der Waals surface area contributed by atoms with E-state index in [1.165, 1.54) is 28.8 Å². The summed E-state index contributed by atoms with van der Waals surface area (Å²) >= 11 is 6.70. The van der Waals surface area contributed by atoms with Crippen LogP contribution in [-0.4, -0.2) is 42.0 Å². The fourth-order valence-corrected chi connectivity index (χ4v) is 5.27. The van der Waals surface area contributed by atoms with Crippen LogP contribution in [-0.2, 0) is 12.8 Å². The lowest BCUT2D eigenvalue weighted by molar-refractivity contribution is 0.0747. The van der Waals surface area contributed by atoms with Gasteiger partial charge < -0.3 is 9.80 Å². The highest BCUT2D eigenvalue weighted by atomic mass is 35.5. The molecule has 5 rings (SSSR count). The molecule has 1 fully saturated rings. The van der Waals surface area contributed by atoms with E-state index in [2.05, 4.69) is 36.9 Å². The molecule has 160 valence electrons. The van der Waals surface area contributed by atoms with Crippen LogP contribution in [0.5, 0.6) is 0 Å². The number of pyridine rings is 1. The summed E-state index contributed by atoms with van der Waals surface area (Å²) in [6.07, 6.45) is 4.31. The van der Waals surface area contributed by atoms with Crippen LogP contribution in [0.15, 0.2) is 36.4 Å². The Bertz CT molecular complexity index is 1170. The zero-order valence-corrected chi connectivity index (χ0v) is 19.0. The van der Waals surface area contributed by atoms with E-state index >= 15 is 0 Å². The molecule has 0 spiro atoms. The minimum absolute atomic E-state index is 0.0816. The molecule has 31 heavy (non-hydrogen) atoms. The molecule has 2 heterocycles. The molecule has 0 saturated carbocycles. The standard InChI is InChI=1S/C26H28ClN3O/c1-17-6-5-9-24(18(17)2)29-12-14-30(15-13-29)26(31)19-10-11-21-23(16-19)28-22-8-4-3-7-20(22)25(21)27/h5-6,9-11,16H,3-4,7-8,12-15H2,1-2H3. The number of halogens is 1. The third-order valence-corrected chi connectivity index (χ3v) is 7.36. The molecule has 0 N–H and O–H groups in total. The monoisotopic (exact) mass is 433 g/mol. The Morgan fingerprint density at radius 1 is 1.00 bits per heavy atom. The molecule has 1 aliphatic carbocycles. The van der Waals surface area contributed by atoms with Gasteiger partial charge in [0.25, 0.3) is 5.91 Å². The molecule has 0 radical (unpaired) electrons. The first-order valence-electron chi connectivity index (χ1n) is 11.2. The van der Waals surface area contributed by atoms with Gasteiger partial charge in [0, 0.05) is 48.5 Å². The molecule has 0 bridgehead atoms. The van der Waals surface area contributed by atoms with Crippen molar-refractivity contribution in [3.05, 3.63) is 69.4 Å². The van der Waals surface area contributed by atoms with E-state index in [-0.39, 0.29) is 5.91 Å². The maximum atomic E-state index is 13.2. The average molecular weight is 434 g/mol. The number of hydrogen-bond acceptors (Lipinski definition) is 3. The summed E-state index contributed by atoms with van der Waals surface area (Å²) in [5.74, 6) is 0.0816. The topological polar surface area (TPSA) is 36.4 Å². The van der Waals surface area contributed by atoms with Crippen molar-refractivity contribution in [3.8, 4) is 0 Å². The highest BCUT2D eigenvalue weighted by molar-refractivity contribution is 6.36. The van der Waals surface area contributed by atoms with Crippen molar-refractivity contribution in [1.29, 1.82) is 0 Å². The summed E-state index contributed by atoms with van der Waals surface area (Å²) in [7, 11) is 0. The number of carbonyl (C=O) groups is 1. The van der Waals surface area contributed by atoms with E-state index in [0.29, 0.717) is 5.56 Å². The molecule has 2 aromatic carbocycles. The Labute approximate surface area is 188 Å². The highest BCUT2D eigenvalue weighted by Crippen LogP contribution is 2.33. The maximum absolute atomic E-state index is 13.2. The Balaban J connectivity index is 1.35. The minimum Gasteiger partial charge on any atom is -0.368 e. The van der Waals surface area contributed by atoms with E-state index in [0.717, 1.165) is 67.1 Å². The first-order chi connectivity index (χ1) is 15.0. The van der Waals surface area contributed by atoms with Gasteiger partial charge >= 0.3 is 0 Å². The highest BCUT2D eigenvalue weighted by Gasteiger charge is 2.24. The van der Waals surface area contributed by atoms with Gasteiger partial charge in [-0.05, 0) is 74.4 Å². The van der Waals surface area contributed by atoms with Crippen molar-refractivity contribution in [2.45, 2.75) is 39.5 Å². The van der Waals surface area contributed by atoms with Crippen molar-refractivity contribution < 1.29 is 4.79 Å². The summed E-state index contributed by atoms with van der Waals surface area (Å²) in [5.41, 5.74) is 7.75. The number of hydrogen-bond donors (Lipinski definition) is 0. The van der Waals surface area contributed by atoms with Gasteiger partial charge in [0.05, 0.1) is 10.5 Å². The molecule has 1 amide bonds. The quantitative estimate of drug-likeness (QED) is 0.546. The molecule has 1 aliphatic heterocycles. The fourth-order valence-electron chi connectivity index (χ4n) is 4.91. The summed E-state index contributed by atoms with van der Waals surface area (Å²) in [6, 6.07) is 12.2. The number of aromatic nitrogens is 1. The van der Waals surface area contributed by atoms with Gasteiger partial charge in [0.1, 0.15) is 0 Å². The number of benzene rings is 2. The second-order valence-electron chi connectivity index (χ2n) is 8.79. The molecular weight excluding hydrogens is 406 g/mol. The maximum Gasteiger partial charge on any atom is 0.254 e. The van der Waals surface area contributed by atoms with E-state index in [4.69, 9.17) is 16.6 Å². The Kier molecular flexibility index (Phi) is 5.35. The lowest BCUT2D eigenvalue weighted by Gasteiger charge is -2.37. The van der Waals surface area contributed by atoms with Gasteiger partial charge in [-0.15, -0.1) is 0 Å². The Morgan fingerprint density at radius 3 is 2.58 bits per heavy atom. The molecule has 2 aliphatic rings. The molecule has 3 aromatic rings. The first kappa shape index (κ1) is 20.3. The van der Waals surface area contributed by atoms with Gasteiger partial charge in [0.15, 0.2) is 0 Å². The second-order valence-corrected chi connectivity index (χ2v) is 9.17. The van der Waals surface area contributed by atoms with Crippen molar-refractivity contribution in [3.63, 3.8) is 0 Å². The van der Waals surface area contributed by atoms with Gasteiger partial charge in [-0.3, -0.25) is 9.78 Å². The van der Waals surface area contributed by atoms with Crippen molar-refractivity contribution in [2.75, 3.05) is 31.1 Å². The second kappa shape index (κ2) is 8.16. The van der Waals surface area contributed by atoms with E-state index < -0.39 is 0 Å². The summed E-state index contributed by atoms with van der Waals surface area (Å²) in [5, 5.41) is 1.78. The molecule has 0 unspecified atom stereocenters. The molecule has 4 nitrogen and oxygen atoms in total. The van der Waals surface area contributed by atoms with E-state index in [1.807, 2.05) is 23.1 Å². The number of aryl methyl sites for hydroxylation is 2. The van der Waals surface area contributed by atoms with Crippen molar-refractivity contribution >= 4 is 34.1 Å². The molecule has 1 aromatic heterocycles. The number of anilines is 1. The van der Waals surface area contributed by atoms with Gasteiger partial charge in [0.2, 0.25) is 0 Å². The van der Waals surface area contributed by atoms with Gasteiger partial charge in [-0.1, -0.05) is 29.8 Å². The summed E-state index contributed by atoms with van der Waals surface area (Å²) in [4.78, 5) is 22.4. The van der Waals surface area contributed by atoms with E-state index in [1.54, 1.807) is 0 Å². The zero-order chi connectivity index (χ0) is 21.5. The molecule has 1 saturated heterocycles. The van der Waals surface area contributed by atoms with Crippen LogP contribution >= 0.6 is 11.6 Å². The third kappa shape index (κ3) is 3.67. The lowest BCUT2D eigenvalue weighted by Crippen LogP contribution is -2.49. The number of fused-ring (bicyclic) bond motifs is 2. The average Bonchev–Trinajstić information content (AvgIpc) is 2.80.